The van der Waals surface area contributed by atoms with E-state index in [0.29, 0.717) is 16.5 Å². The van der Waals surface area contributed by atoms with E-state index in [1.54, 1.807) is 48.5 Å². The summed E-state index contributed by atoms with van der Waals surface area (Å²) in [6.45, 7) is 0.166. The lowest BCUT2D eigenvalue weighted by atomic mass is 10.2. The summed E-state index contributed by atoms with van der Waals surface area (Å²) in [4.78, 5) is 48.1. The first kappa shape index (κ1) is 21.3. The first-order valence-electron chi connectivity index (χ1n) is 9.07. The number of carboxylic acids is 1. The molecule has 0 radical (unpaired) electrons. The number of H-pyrrole nitrogens is 2. The van der Waals surface area contributed by atoms with Gasteiger partial charge >= 0.3 is 17.3 Å². The van der Waals surface area contributed by atoms with E-state index in [-0.39, 0.29) is 22.2 Å². The highest BCUT2D eigenvalue weighted by Crippen LogP contribution is 2.27. The third kappa shape index (κ3) is 5.02. The highest BCUT2D eigenvalue weighted by atomic mass is 35.5. The Morgan fingerprint density at radius 2 is 1.84 bits per heavy atom. The summed E-state index contributed by atoms with van der Waals surface area (Å²) in [7, 11) is 0. The Bertz CT molecular complexity index is 1450. The minimum atomic E-state index is -1.08. The van der Waals surface area contributed by atoms with Gasteiger partial charge in [0.05, 0.1) is 18.4 Å². The number of aromatic amines is 2. The summed E-state index contributed by atoms with van der Waals surface area (Å²) in [5.74, 6) is -0.658. The number of hydrogen-bond donors (Lipinski definition) is 3. The largest absolute Gasteiger partial charge is 0.477 e. The summed E-state index contributed by atoms with van der Waals surface area (Å²) in [6, 6.07) is 13.4. The van der Waals surface area contributed by atoms with Crippen molar-refractivity contribution >= 4 is 34.6 Å². The summed E-state index contributed by atoms with van der Waals surface area (Å²) in [6.07, 6.45) is 1.22. The second-order valence-electron chi connectivity index (χ2n) is 6.42. The average molecular weight is 472 g/mol. The van der Waals surface area contributed by atoms with Crippen LogP contribution in [0.2, 0.25) is 5.02 Å². The van der Waals surface area contributed by atoms with Crippen LogP contribution in [0.1, 0.15) is 15.2 Å². The van der Waals surface area contributed by atoms with Crippen LogP contribution in [0.3, 0.4) is 0 Å². The van der Waals surface area contributed by atoms with Gasteiger partial charge in [0.25, 0.3) is 5.19 Å². The van der Waals surface area contributed by atoms with Gasteiger partial charge in [-0.25, -0.2) is 24.4 Å². The second kappa shape index (κ2) is 9.04. The number of aromatic carboxylic acids is 1. The number of hydrogen-bond acceptors (Lipinski definition) is 7. The Labute approximate surface area is 188 Å². The Kier molecular flexibility index (Phi) is 6.01. The Morgan fingerprint density at radius 1 is 1.12 bits per heavy atom. The molecule has 12 heteroatoms. The molecule has 0 bridgehead atoms. The van der Waals surface area contributed by atoms with Crippen molar-refractivity contribution in [2.45, 2.75) is 6.54 Å². The number of ether oxygens (including phenoxy) is 1. The van der Waals surface area contributed by atoms with Gasteiger partial charge in [0.15, 0.2) is 0 Å². The van der Waals surface area contributed by atoms with Crippen molar-refractivity contribution in [3.8, 4) is 10.9 Å². The van der Waals surface area contributed by atoms with Crippen LogP contribution in [-0.2, 0) is 6.54 Å². The van der Waals surface area contributed by atoms with Gasteiger partial charge in [-0.05, 0) is 42.0 Å². The van der Waals surface area contributed by atoms with E-state index in [2.05, 4.69) is 19.9 Å². The smallest absolute Gasteiger partial charge is 0.347 e. The van der Waals surface area contributed by atoms with Crippen molar-refractivity contribution in [2.24, 2.45) is 4.99 Å². The van der Waals surface area contributed by atoms with Gasteiger partial charge in [0.2, 0.25) is 5.62 Å². The first-order chi connectivity index (χ1) is 15.4. The van der Waals surface area contributed by atoms with Crippen molar-refractivity contribution < 1.29 is 14.6 Å². The van der Waals surface area contributed by atoms with E-state index in [1.807, 2.05) is 0 Å². The molecule has 2 heterocycles. The van der Waals surface area contributed by atoms with Gasteiger partial charge < -0.3 is 9.84 Å². The zero-order valence-electron chi connectivity index (χ0n) is 16.1. The Morgan fingerprint density at radius 3 is 2.50 bits per heavy atom. The molecule has 0 fully saturated rings. The minimum Gasteiger partial charge on any atom is -0.477 e. The predicted octanol–water partition coefficient (Wildman–Crippen LogP) is 2.75. The van der Waals surface area contributed by atoms with Crippen LogP contribution < -0.4 is 21.7 Å². The molecule has 4 aromatic rings. The molecule has 0 atom stereocenters. The van der Waals surface area contributed by atoms with Crippen LogP contribution >= 0.6 is 22.9 Å². The number of thiazole rings is 1. The van der Waals surface area contributed by atoms with Crippen LogP contribution in [0.15, 0.2) is 69.3 Å². The van der Waals surface area contributed by atoms with Crippen LogP contribution in [0.5, 0.6) is 10.9 Å². The topological polar surface area (TPSA) is 142 Å². The maximum Gasteiger partial charge on any atom is 0.347 e. The SMILES string of the molecule is O=C(O)c1cnc(Oc2ccc(/N=c3\[nH]c(=O)[nH]c(=O)n3Cc3ccc(Cl)cc3)cc2)s1. The van der Waals surface area contributed by atoms with Gasteiger partial charge in [0.1, 0.15) is 10.6 Å². The van der Waals surface area contributed by atoms with E-state index >= 15 is 0 Å². The highest BCUT2D eigenvalue weighted by Gasteiger charge is 2.10. The van der Waals surface area contributed by atoms with Crippen LogP contribution in [-0.4, -0.2) is 30.6 Å². The Balaban J connectivity index is 1.62. The molecule has 3 N–H and O–H groups in total. The van der Waals surface area contributed by atoms with Crippen molar-refractivity contribution in [1.29, 1.82) is 0 Å². The standard InChI is InChI=1S/C20H14ClN5O5S/c21-12-3-1-11(2-4-12)10-26-17(24-18(29)25-19(26)30)23-13-5-7-14(8-6-13)31-20-22-9-15(32-20)16(27)28/h1-9H,10H2,(H,27,28)(H2,23,24,25,29,30). The van der Waals surface area contributed by atoms with Crippen molar-refractivity contribution in [3.63, 3.8) is 0 Å². The molecular weight excluding hydrogens is 458 g/mol. The number of carboxylic acid groups (broad SMARTS) is 1. The van der Waals surface area contributed by atoms with Crippen molar-refractivity contribution in [1.82, 2.24) is 19.5 Å². The van der Waals surface area contributed by atoms with Crippen LogP contribution in [0.4, 0.5) is 5.69 Å². The quantitative estimate of drug-likeness (QED) is 0.394. The number of nitrogens with one attached hydrogen (secondary N) is 2. The number of nitrogens with zero attached hydrogens (tertiary/aromatic N) is 3. The molecule has 2 aromatic heterocycles. The minimum absolute atomic E-state index is 0.0633. The molecule has 0 aliphatic rings. The molecule has 4 rings (SSSR count). The third-order valence-corrected chi connectivity index (χ3v) is 5.29. The normalized spacial score (nSPS) is 11.5. The Hall–Kier alpha value is -3.96. The second-order valence-corrected chi connectivity index (χ2v) is 7.85. The number of carbonyl (C=O) groups is 1. The molecule has 0 unspecified atom stereocenters. The summed E-state index contributed by atoms with van der Waals surface area (Å²) >= 11 is 6.81. The maximum atomic E-state index is 12.4. The molecule has 32 heavy (non-hydrogen) atoms. The monoisotopic (exact) mass is 471 g/mol. The first-order valence-corrected chi connectivity index (χ1v) is 10.3. The molecule has 0 saturated heterocycles. The molecule has 162 valence electrons. The van der Waals surface area contributed by atoms with E-state index in [9.17, 15) is 14.4 Å². The number of benzene rings is 2. The number of rotatable bonds is 6. The zero-order valence-corrected chi connectivity index (χ0v) is 17.7. The van der Waals surface area contributed by atoms with E-state index in [1.165, 1.54) is 10.8 Å². The van der Waals surface area contributed by atoms with Crippen molar-refractivity contribution in [3.05, 3.63) is 96.8 Å². The van der Waals surface area contributed by atoms with Crippen LogP contribution in [0.25, 0.3) is 0 Å². The third-order valence-electron chi connectivity index (χ3n) is 4.17. The number of halogens is 1. The van der Waals surface area contributed by atoms with Gasteiger partial charge in [-0.2, -0.15) is 0 Å². The van der Waals surface area contributed by atoms with E-state index in [4.69, 9.17) is 21.4 Å². The molecule has 0 saturated carbocycles. The molecule has 10 nitrogen and oxygen atoms in total. The summed E-state index contributed by atoms with van der Waals surface area (Å²) < 4.78 is 6.83. The molecule has 0 aliphatic heterocycles. The number of aromatic nitrogens is 4. The van der Waals surface area contributed by atoms with Gasteiger partial charge in [-0.15, -0.1) is 0 Å². The predicted molar refractivity (Wildman–Crippen MR) is 117 cm³/mol. The van der Waals surface area contributed by atoms with Crippen molar-refractivity contribution in [2.75, 3.05) is 0 Å². The van der Waals surface area contributed by atoms with E-state index in [0.717, 1.165) is 16.9 Å². The average Bonchev–Trinajstić information content (AvgIpc) is 3.22. The van der Waals surface area contributed by atoms with Crippen LogP contribution in [0, 0.1) is 0 Å². The van der Waals surface area contributed by atoms with Gasteiger partial charge in [-0.3, -0.25) is 14.5 Å². The highest BCUT2D eigenvalue weighted by molar-refractivity contribution is 7.15. The van der Waals surface area contributed by atoms with Gasteiger partial charge in [-0.1, -0.05) is 35.1 Å². The molecule has 0 spiro atoms. The fourth-order valence-electron chi connectivity index (χ4n) is 2.68. The summed E-state index contributed by atoms with van der Waals surface area (Å²) in [5, 5.41) is 9.71. The van der Waals surface area contributed by atoms with E-state index < -0.39 is 17.3 Å². The summed E-state index contributed by atoms with van der Waals surface area (Å²) in [5.41, 5.74) is 0.0167. The molecule has 0 amide bonds. The zero-order chi connectivity index (χ0) is 22.7. The molecule has 2 aromatic carbocycles. The van der Waals surface area contributed by atoms with Gasteiger partial charge in [0, 0.05) is 5.02 Å². The lowest BCUT2D eigenvalue weighted by Gasteiger charge is -2.06. The lowest BCUT2D eigenvalue weighted by Crippen LogP contribution is -2.44. The molecule has 0 aliphatic carbocycles. The molecular formula is C20H14ClN5O5S. The lowest BCUT2D eigenvalue weighted by molar-refractivity contribution is 0.0702. The fourth-order valence-corrected chi connectivity index (χ4v) is 3.43. The maximum absolute atomic E-state index is 12.4. The fraction of sp³-hybridized carbons (Fsp3) is 0.0500.